The van der Waals surface area contributed by atoms with Crippen LogP contribution in [0.1, 0.15) is 15.2 Å². The number of carbonyl (C=O) groups is 1. The lowest BCUT2D eigenvalue weighted by molar-refractivity contribution is -0.274. The Bertz CT molecular complexity index is 1110. The Labute approximate surface area is 175 Å². The first-order valence-corrected chi connectivity index (χ1v) is 10.1. The molecule has 0 aliphatic carbocycles. The number of rotatable bonds is 6. The van der Waals surface area contributed by atoms with Crippen molar-refractivity contribution in [2.24, 2.45) is 0 Å². The van der Waals surface area contributed by atoms with E-state index < -0.39 is 29.3 Å². The number of alkyl halides is 3. The first kappa shape index (κ1) is 21.8. The highest BCUT2D eigenvalue weighted by Crippen LogP contribution is 2.42. The number of carboxylic acid groups (broad SMARTS) is 1. The summed E-state index contributed by atoms with van der Waals surface area (Å²) >= 11 is -2.11. The number of anilines is 2. The average molecular weight is 456 g/mol. The number of ether oxygens (including phenoxy) is 1. The smallest absolute Gasteiger partial charge is 0.573 e. The molecule has 3 aromatic rings. The quantitative estimate of drug-likeness (QED) is 0.512. The number of thiophene rings is 1. The molecular formula is C19H13F3NO5S2-. The number of para-hydroxylation sites is 1. The standard InChI is InChI=1S/C19H14F3NO5S2/c1-11-5-2-3-8-14(11)23(30(26)27)15-10-16(29-17(15)18(24)25)12-6-4-7-13(9-12)28-19(20,21)22/h2-10H,1H3,(H,24,25)(H,26,27)/p-1. The number of nitrogens with zero attached hydrogens (tertiary/aromatic N) is 1. The van der Waals surface area contributed by atoms with Crippen LogP contribution < -0.4 is 9.04 Å². The summed E-state index contributed by atoms with van der Waals surface area (Å²) in [6.45, 7) is 1.67. The van der Waals surface area contributed by atoms with Crippen LogP contribution in [-0.2, 0) is 11.3 Å². The van der Waals surface area contributed by atoms with E-state index in [2.05, 4.69) is 4.74 Å². The van der Waals surface area contributed by atoms with Gasteiger partial charge >= 0.3 is 12.3 Å². The Morgan fingerprint density at radius 3 is 2.43 bits per heavy atom. The van der Waals surface area contributed by atoms with Gasteiger partial charge in [0.2, 0.25) is 0 Å². The molecule has 2 aromatic carbocycles. The number of halogens is 3. The van der Waals surface area contributed by atoms with E-state index in [1.807, 2.05) is 0 Å². The van der Waals surface area contributed by atoms with Crippen molar-refractivity contribution in [3.05, 3.63) is 65.0 Å². The van der Waals surface area contributed by atoms with Gasteiger partial charge in [-0.15, -0.1) is 24.5 Å². The van der Waals surface area contributed by atoms with E-state index in [1.165, 1.54) is 24.3 Å². The van der Waals surface area contributed by atoms with Gasteiger partial charge in [0.1, 0.15) is 10.6 Å². The molecule has 0 aliphatic rings. The highest BCUT2D eigenvalue weighted by Gasteiger charge is 2.31. The second kappa shape index (κ2) is 8.46. The number of aromatic carboxylic acids is 1. The van der Waals surface area contributed by atoms with Crippen molar-refractivity contribution in [1.82, 2.24) is 0 Å². The Morgan fingerprint density at radius 2 is 1.83 bits per heavy atom. The van der Waals surface area contributed by atoms with Gasteiger partial charge in [0, 0.05) is 4.88 Å². The van der Waals surface area contributed by atoms with Crippen molar-refractivity contribution in [3.8, 4) is 16.2 Å². The van der Waals surface area contributed by atoms with Crippen molar-refractivity contribution in [2.45, 2.75) is 13.3 Å². The number of benzene rings is 2. The van der Waals surface area contributed by atoms with E-state index in [4.69, 9.17) is 0 Å². The zero-order valence-electron chi connectivity index (χ0n) is 15.2. The molecule has 0 saturated carbocycles. The van der Waals surface area contributed by atoms with Gasteiger partial charge in [-0.2, -0.15) is 0 Å². The molecule has 1 atom stereocenters. The minimum atomic E-state index is -4.88. The molecule has 6 nitrogen and oxygen atoms in total. The van der Waals surface area contributed by atoms with Gasteiger partial charge in [-0.05, 0) is 42.3 Å². The molecule has 1 unspecified atom stereocenters. The maximum atomic E-state index is 12.5. The predicted molar refractivity (Wildman–Crippen MR) is 106 cm³/mol. The maximum Gasteiger partial charge on any atom is 0.573 e. The molecule has 1 heterocycles. The highest BCUT2D eigenvalue weighted by atomic mass is 32.2. The summed E-state index contributed by atoms with van der Waals surface area (Å²) in [6.07, 6.45) is -4.88. The van der Waals surface area contributed by atoms with Gasteiger partial charge in [0.25, 0.3) is 0 Å². The third kappa shape index (κ3) is 4.81. The number of hydrogen-bond acceptors (Lipinski definition) is 5. The fourth-order valence-electron chi connectivity index (χ4n) is 2.76. The van der Waals surface area contributed by atoms with Crippen LogP contribution in [0, 0.1) is 6.92 Å². The zero-order valence-corrected chi connectivity index (χ0v) is 16.8. The molecule has 0 spiro atoms. The van der Waals surface area contributed by atoms with Crippen LogP contribution in [0.4, 0.5) is 24.5 Å². The molecule has 30 heavy (non-hydrogen) atoms. The van der Waals surface area contributed by atoms with Gasteiger partial charge in [-0.25, -0.2) is 4.79 Å². The van der Waals surface area contributed by atoms with Crippen LogP contribution in [0.5, 0.6) is 5.75 Å². The van der Waals surface area contributed by atoms with Crippen molar-refractivity contribution < 1.29 is 36.6 Å². The fourth-order valence-corrected chi connectivity index (χ4v) is 4.46. The van der Waals surface area contributed by atoms with Gasteiger partial charge in [0.15, 0.2) is 0 Å². The minimum Gasteiger partial charge on any atom is -0.755 e. The summed E-state index contributed by atoms with van der Waals surface area (Å²) in [5, 5.41) is 9.59. The largest absolute Gasteiger partial charge is 0.755 e. The molecule has 1 N–H and O–H groups in total. The van der Waals surface area contributed by atoms with Gasteiger partial charge < -0.3 is 14.4 Å². The summed E-state index contributed by atoms with van der Waals surface area (Å²) in [6, 6.07) is 12.8. The van der Waals surface area contributed by atoms with Gasteiger partial charge in [0.05, 0.1) is 22.6 Å². The number of aryl methyl sites for hydroxylation is 1. The molecule has 0 saturated heterocycles. The molecular weight excluding hydrogens is 443 g/mol. The topological polar surface area (TPSA) is 89.9 Å². The normalized spacial score (nSPS) is 12.4. The zero-order chi connectivity index (χ0) is 22.1. The van der Waals surface area contributed by atoms with Crippen LogP contribution in [0.3, 0.4) is 0 Å². The van der Waals surface area contributed by atoms with E-state index in [1.54, 1.807) is 25.1 Å². The molecule has 0 aliphatic heterocycles. The molecule has 3 rings (SSSR count). The SMILES string of the molecule is Cc1ccccc1N(c1cc(-c2cccc(OC(F)(F)F)c2)sc1C(=O)O)S(=O)[O-]. The lowest BCUT2D eigenvalue weighted by Gasteiger charge is -2.27. The first-order valence-electron chi connectivity index (χ1n) is 8.25. The summed E-state index contributed by atoms with van der Waals surface area (Å²) in [5.41, 5.74) is 0.974. The first-order chi connectivity index (χ1) is 14.1. The molecule has 0 bridgehead atoms. The highest BCUT2D eigenvalue weighted by molar-refractivity contribution is 7.81. The van der Waals surface area contributed by atoms with Gasteiger partial charge in [-0.1, -0.05) is 30.3 Å². The molecule has 0 amide bonds. The Kier molecular flexibility index (Phi) is 6.15. The van der Waals surface area contributed by atoms with E-state index in [0.29, 0.717) is 5.56 Å². The Balaban J connectivity index is 2.12. The average Bonchev–Trinajstić information content (AvgIpc) is 3.07. The Hall–Kier alpha value is -2.89. The Morgan fingerprint density at radius 1 is 1.13 bits per heavy atom. The lowest BCUT2D eigenvalue weighted by Crippen LogP contribution is -2.21. The van der Waals surface area contributed by atoms with Crippen molar-refractivity contribution in [1.29, 1.82) is 0 Å². The molecule has 0 radical (unpaired) electrons. The second-order valence-corrected chi connectivity index (χ2v) is 7.86. The lowest BCUT2D eigenvalue weighted by atomic mass is 10.1. The molecule has 0 fully saturated rings. The van der Waals surface area contributed by atoms with Crippen LogP contribution in [0.25, 0.3) is 10.4 Å². The van der Waals surface area contributed by atoms with Crippen LogP contribution >= 0.6 is 11.3 Å². The third-order valence-corrected chi connectivity index (χ3v) is 5.81. The second-order valence-electron chi connectivity index (χ2n) is 6.00. The van der Waals surface area contributed by atoms with Crippen molar-refractivity contribution in [2.75, 3.05) is 4.31 Å². The fraction of sp³-hybridized carbons (Fsp3) is 0.105. The van der Waals surface area contributed by atoms with Crippen LogP contribution in [0.2, 0.25) is 0 Å². The molecule has 11 heteroatoms. The van der Waals surface area contributed by atoms with Gasteiger partial charge in [-0.3, -0.25) is 8.51 Å². The summed E-state index contributed by atoms with van der Waals surface area (Å²) in [7, 11) is 0. The third-order valence-electron chi connectivity index (χ3n) is 3.96. The van der Waals surface area contributed by atoms with E-state index in [9.17, 15) is 31.8 Å². The van der Waals surface area contributed by atoms with Crippen molar-refractivity contribution >= 4 is 39.9 Å². The maximum absolute atomic E-state index is 12.5. The molecule has 158 valence electrons. The van der Waals surface area contributed by atoms with Crippen molar-refractivity contribution in [3.63, 3.8) is 0 Å². The summed E-state index contributed by atoms with van der Waals surface area (Å²) in [5.74, 6) is -1.84. The van der Waals surface area contributed by atoms with Crippen LogP contribution in [0.15, 0.2) is 54.6 Å². The number of hydrogen-bond donors (Lipinski definition) is 1. The summed E-state index contributed by atoms with van der Waals surface area (Å²) < 4.78 is 66.2. The summed E-state index contributed by atoms with van der Waals surface area (Å²) in [4.78, 5) is 11.8. The van der Waals surface area contributed by atoms with E-state index in [0.717, 1.165) is 27.8 Å². The van der Waals surface area contributed by atoms with E-state index >= 15 is 0 Å². The predicted octanol–water partition coefficient (Wildman–Crippen LogP) is 5.25. The minimum absolute atomic E-state index is 0.118. The molecule has 1 aromatic heterocycles. The number of carboxylic acids is 1. The van der Waals surface area contributed by atoms with Crippen LogP contribution in [-0.4, -0.2) is 26.2 Å². The van der Waals surface area contributed by atoms with E-state index in [-0.39, 0.29) is 26.7 Å². The monoisotopic (exact) mass is 456 g/mol.